The molecule has 2 saturated heterocycles. The lowest BCUT2D eigenvalue weighted by Gasteiger charge is -2.38. The standard InChI is InChI=1S/C16H24FN5O15P2/c17-6-4(1-23)35-15(11(27)9(6)25)36-39(31,32)37-38(29,30)33-2-5-8(24)10(26)14(34-5)22-3-19-7-12(22)20-16(18)21-13(7)28/h3-6,8-11,14-15,23-27H,1-2H2,(H,29,30)(H,31,32)(H3,18,20,21,28)/t4-,5-,6-,8-,9+,10-,11+,14-,15-/m1/s1. The number of alkyl halides is 1. The molecule has 2 aromatic rings. The Morgan fingerprint density at radius 2 is 1.77 bits per heavy atom. The fraction of sp³-hybridized carbons (Fsp3) is 0.688. The van der Waals surface area contributed by atoms with Gasteiger partial charge in [-0.1, -0.05) is 0 Å². The summed E-state index contributed by atoms with van der Waals surface area (Å²) in [4.78, 5) is 41.6. The highest BCUT2D eigenvalue weighted by Gasteiger charge is 2.50. The van der Waals surface area contributed by atoms with Crippen LogP contribution in [0.25, 0.3) is 11.2 Å². The number of nitrogens with two attached hydrogens (primary N) is 1. The number of hydrogen-bond donors (Lipinski definition) is 9. The van der Waals surface area contributed by atoms with Crippen LogP contribution in [0.5, 0.6) is 0 Å². The molecule has 2 aliphatic rings. The highest BCUT2D eigenvalue weighted by Crippen LogP contribution is 2.61. The number of imidazole rings is 1. The van der Waals surface area contributed by atoms with E-state index in [-0.39, 0.29) is 17.1 Å². The monoisotopic (exact) mass is 607 g/mol. The zero-order valence-corrected chi connectivity index (χ0v) is 21.1. The Morgan fingerprint density at radius 1 is 1.08 bits per heavy atom. The highest BCUT2D eigenvalue weighted by atomic mass is 31.3. The molecule has 0 amide bonds. The second kappa shape index (κ2) is 11.1. The van der Waals surface area contributed by atoms with Gasteiger partial charge in [-0.25, -0.2) is 18.5 Å². The summed E-state index contributed by atoms with van der Waals surface area (Å²) >= 11 is 0. The van der Waals surface area contributed by atoms with Gasteiger partial charge in [0.25, 0.3) is 5.56 Å². The molecule has 4 rings (SSSR count). The topological polar surface area (TPSA) is 311 Å². The van der Waals surface area contributed by atoms with Crippen LogP contribution < -0.4 is 11.3 Å². The van der Waals surface area contributed by atoms with Gasteiger partial charge in [-0.3, -0.25) is 23.4 Å². The lowest BCUT2D eigenvalue weighted by Crippen LogP contribution is -2.57. The van der Waals surface area contributed by atoms with Crippen LogP contribution >= 0.6 is 15.6 Å². The van der Waals surface area contributed by atoms with Crippen molar-refractivity contribution >= 4 is 32.8 Å². The van der Waals surface area contributed by atoms with Crippen molar-refractivity contribution in [3.05, 3.63) is 16.7 Å². The lowest BCUT2D eigenvalue weighted by molar-refractivity contribution is -0.268. The Morgan fingerprint density at radius 3 is 2.44 bits per heavy atom. The van der Waals surface area contributed by atoms with E-state index in [4.69, 9.17) is 20.3 Å². The van der Waals surface area contributed by atoms with Crippen LogP contribution in [0, 0.1) is 0 Å². The molecule has 0 spiro atoms. The number of aliphatic hydroxyl groups is 5. The van der Waals surface area contributed by atoms with Crippen LogP contribution in [0.2, 0.25) is 0 Å². The van der Waals surface area contributed by atoms with Crippen LogP contribution in [0.4, 0.5) is 10.3 Å². The van der Waals surface area contributed by atoms with E-state index < -0.39 is 89.7 Å². The van der Waals surface area contributed by atoms with Crippen LogP contribution in [0.1, 0.15) is 6.23 Å². The highest BCUT2D eigenvalue weighted by molar-refractivity contribution is 7.61. The number of phosphoric ester groups is 2. The molecule has 10 N–H and O–H groups in total. The quantitative estimate of drug-likeness (QED) is 0.124. The SMILES string of the molecule is Nc1nc2c(ncn2[C@@H]2O[C@H](COP(=O)(O)OP(=O)(O)O[C@H]3O[C@H](CO)[C@@H](F)[C@H](O)[C@@H]3O)[C@@H](O)[C@H]2O)c(=O)[nH]1. The fourth-order valence-corrected chi connectivity index (χ4v) is 5.98. The molecular formula is C16H24FN5O15P2. The van der Waals surface area contributed by atoms with Crippen molar-refractivity contribution in [2.24, 2.45) is 0 Å². The van der Waals surface area contributed by atoms with Gasteiger partial charge in [0.15, 0.2) is 29.9 Å². The Labute approximate surface area is 215 Å². The van der Waals surface area contributed by atoms with E-state index in [2.05, 4.69) is 28.3 Å². The first-order chi connectivity index (χ1) is 18.1. The van der Waals surface area contributed by atoms with E-state index in [1.807, 2.05) is 0 Å². The average molecular weight is 607 g/mol. The van der Waals surface area contributed by atoms with Gasteiger partial charge in [0, 0.05) is 0 Å². The van der Waals surface area contributed by atoms with E-state index in [9.17, 15) is 48.5 Å². The van der Waals surface area contributed by atoms with E-state index in [1.165, 1.54) is 0 Å². The molecule has 2 fully saturated rings. The Bertz CT molecular complexity index is 1340. The Balaban J connectivity index is 1.39. The number of fused-ring (bicyclic) bond motifs is 1. The first-order valence-electron chi connectivity index (χ1n) is 10.8. The van der Waals surface area contributed by atoms with Crippen LogP contribution in [0.3, 0.4) is 0 Å². The van der Waals surface area contributed by atoms with Crippen LogP contribution in [-0.2, 0) is 32.0 Å². The number of nitrogens with one attached hydrogen (secondary N) is 1. The zero-order chi connectivity index (χ0) is 28.9. The molecule has 0 radical (unpaired) electrons. The fourth-order valence-electron chi connectivity index (χ4n) is 3.83. The van der Waals surface area contributed by atoms with Gasteiger partial charge in [-0.15, -0.1) is 0 Å². The van der Waals surface area contributed by atoms with Gasteiger partial charge in [-0.2, -0.15) is 9.29 Å². The summed E-state index contributed by atoms with van der Waals surface area (Å²) < 4.78 is 62.6. The van der Waals surface area contributed by atoms with E-state index in [0.717, 1.165) is 10.9 Å². The molecule has 0 aliphatic carbocycles. The van der Waals surface area contributed by atoms with Crippen molar-refractivity contribution in [2.45, 2.75) is 55.3 Å². The van der Waals surface area contributed by atoms with Crippen molar-refractivity contribution in [3.63, 3.8) is 0 Å². The molecule has 4 heterocycles. The van der Waals surface area contributed by atoms with Gasteiger partial charge in [0.05, 0.1) is 19.5 Å². The molecular weight excluding hydrogens is 583 g/mol. The minimum absolute atomic E-state index is 0.122. The number of nitrogen functional groups attached to an aromatic ring is 1. The summed E-state index contributed by atoms with van der Waals surface area (Å²) in [6.45, 7) is -2.03. The third-order valence-electron chi connectivity index (χ3n) is 5.71. The summed E-state index contributed by atoms with van der Waals surface area (Å²) in [6.07, 6.45) is -16.2. The van der Waals surface area contributed by atoms with Crippen molar-refractivity contribution < 1.29 is 71.7 Å². The number of nitrogens with zero attached hydrogens (tertiary/aromatic N) is 3. The van der Waals surface area contributed by atoms with Gasteiger partial charge in [0.1, 0.15) is 36.6 Å². The number of aromatic amines is 1. The van der Waals surface area contributed by atoms with Crippen LogP contribution in [-0.4, -0.2) is 117 Å². The maximum Gasteiger partial charge on any atom is 0.483 e. The molecule has 0 aromatic carbocycles. The predicted molar refractivity (Wildman–Crippen MR) is 119 cm³/mol. The summed E-state index contributed by atoms with van der Waals surface area (Å²) in [5.74, 6) is -0.284. The summed E-state index contributed by atoms with van der Waals surface area (Å²) in [5.41, 5.74) is 4.52. The van der Waals surface area contributed by atoms with Crippen molar-refractivity contribution in [3.8, 4) is 0 Å². The minimum atomic E-state index is -5.64. The number of halogens is 1. The number of hydrogen-bond acceptors (Lipinski definition) is 16. The largest absolute Gasteiger partial charge is 0.483 e. The first-order valence-corrected chi connectivity index (χ1v) is 13.8. The van der Waals surface area contributed by atoms with Crippen LogP contribution in [0.15, 0.2) is 11.1 Å². The summed E-state index contributed by atoms with van der Waals surface area (Å²) in [7, 11) is -11.1. The third-order valence-corrected chi connectivity index (χ3v) is 8.31. The molecule has 11 atom stereocenters. The smallest absolute Gasteiger partial charge is 0.394 e. The maximum absolute atomic E-state index is 13.8. The number of anilines is 1. The molecule has 0 bridgehead atoms. The molecule has 2 aliphatic heterocycles. The number of ether oxygens (including phenoxy) is 2. The van der Waals surface area contributed by atoms with Crippen molar-refractivity contribution in [2.75, 3.05) is 18.9 Å². The Kier molecular flexibility index (Phi) is 8.58. The van der Waals surface area contributed by atoms with E-state index in [1.54, 1.807) is 0 Å². The number of rotatable bonds is 9. The van der Waals surface area contributed by atoms with Crippen molar-refractivity contribution in [1.82, 2.24) is 19.5 Å². The van der Waals surface area contributed by atoms with E-state index >= 15 is 0 Å². The van der Waals surface area contributed by atoms with Crippen molar-refractivity contribution in [1.29, 1.82) is 0 Å². The molecule has 20 nitrogen and oxygen atoms in total. The Hall–Kier alpha value is -1.94. The minimum Gasteiger partial charge on any atom is -0.394 e. The molecule has 23 heteroatoms. The number of H-pyrrole nitrogens is 1. The summed E-state index contributed by atoms with van der Waals surface area (Å²) in [6, 6.07) is 0. The normalized spacial score (nSPS) is 36.6. The van der Waals surface area contributed by atoms with Gasteiger partial charge < -0.3 is 50.5 Å². The van der Waals surface area contributed by atoms with Gasteiger partial charge in [0.2, 0.25) is 5.95 Å². The predicted octanol–water partition coefficient (Wildman–Crippen LogP) is -3.65. The summed E-state index contributed by atoms with van der Waals surface area (Å²) in [5, 5.41) is 49.3. The molecule has 2 unspecified atom stereocenters. The second-order valence-electron chi connectivity index (χ2n) is 8.39. The first kappa shape index (κ1) is 30.0. The van der Waals surface area contributed by atoms with E-state index in [0.29, 0.717) is 0 Å². The molecule has 39 heavy (non-hydrogen) atoms. The number of aliphatic hydroxyl groups excluding tert-OH is 5. The number of phosphoric acid groups is 2. The second-order valence-corrected chi connectivity index (χ2v) is 11.4. The zero-order valence-electron chi connectivity index (χ0n) is 19.3. The maximum atomic E-state index is 13.8. The molecule has 0 saturated carbocycles. The number of aromatic nitrogens is 4. The third kappa shape index (κ3) is 6.21. The lowest BCUT2D eigenvalue weighted by atomic mass is 10.0. The van der Waals surface area contributed by atoms with Gasteiger partial charge >= 0.3 is 15.6 Å². The average Bonchev–Trinajstić information content (AvgIpc) is 3.38. The molecule has 2 aromatic heterocycles. The molecule has 220 valence electrons. The van der Waals surface area contributed by atoms with Gasteiger partial charge in [-0.05, 0) is 0 Å².